The maximum absolute atomic E-state index is 13.2. The highest BCUT2D eigenvalue weighted by Gasteiger charge is 2.08. The number of rotatable bonds is 2. The summed E-state index contributed by atoms with van der Waals surface area (Å²) in [6.07, 6.45) is -1.14. The maximum Gasteiger partial charge on any atom is 0.409 e. The molecule has 18 heavy (non-hydrogen) atoms. The van der Waals surface area contributed by atoms with Crippen LogP contribution in [0.25, 0.3) is 11.1 Å². The molecule has 0 saturated carbocycles. The van der Waals surface area contributed by atoms with Gasteiger partial charge in [-0.05, 0) is 36.2 Å². The molecule has 4 heteroatoms. The molecule has 0 saturated heterocycles. The van der Waals surface area contributed by atoms with E-state index in [2.05, 4.69) is 5.32 Å². The Kier molecular flexibility index (Phi) is 3.28. The number of carbonyl (C=O) groups is 1. The van der Waals surface area contributed by atoms with E-state index >= 15 is 0 Å². The molecule has 0 atom stereocenters. The molecular weight excluding hydrogens is 233 g/mol. The van der Waals surface area contributed by atoms with Crippen molar-refractivity contribution in [2.45, 2.75) is 6.92 Å². The van der Waals surface area contributed by atoms with Gasteiger partial charge in [-0.1, -0.05) is 24.3 Å². The topological polar surface area (TPSA) is 49.3 Å². The van der Waals surface area contributed by atoms with E-state index in [1.54, 1.807) is 24.3 Å². The molecule has 92 valence electrons. The van der Waals surface area contributed by atoms with Gasteiger partial charge >= 0.3 is 6.09 Å². The average molecular weight is 245 g/mol. The van der Waals surface area contributed by atoms with Crippen molar-refractivity contribution in [3.05, 3.63) is 53.8 Å². The van der Waals surface area contributed by atoms with Crippen molar-refractivity contribution < 1.29 is 14.3 Å². The van der Waals surface area contributed by atoms with Gasteiger partial charge in [0.25, 0.3) is 0 Å². The van der Waals surface area contributed by atoms with Crippen molar-refractivity contribution in [1.82, 2.24) is 0 Å². The van der Waals surface area contributed by atoms with Crippen LogP contribution >= 0.6 is 0 Å². The van der Waals surface area contributed by atoms with Crippen LogP contribution < -0.4 is 5.32 Å². The van der Waals surface area contributed by atoms with Crippen molar-refractivity contribution in [3.8, 4) is 11.1 Å². The first kappa shape index (κ1) is 12.1. The van der Waals surface area contributed by atoms with Gasteiger partial charge in [-0.3, -0.25) is 5.32 Å². The second kappa shape index (κ2) is 4.87. The normalized spacial score (nSPS) is 10.1. The Balaban J connectivity index is 2.52. The van der Waals surface area contributed by atoms with Gasteiger partial charge in [0.2, 0.25) is 0 Å². The molecule has 0 spiro atoms. The van der Waals surface area contributed by atoms with Crippen LogP contribution in [0, 0.1) is 12.7 Å². The summed E-state index contributed by atoms with van der Waals surface area (Å²) in [5.41, 5.74) is 2.67. The molecular formula is C14H12FNO2. The van der Waals surface area contributed by atoms with Crippen LogP contribution in [0.5, 0.6) is 0 Å². The molecule has 1 amide bonds. The number of carboxylic acid groups (broad SMARTS) is 1. The molecule has 0 aliphatic heterocycles. The highest BCUT2D eigenvalue weighted by molar-refractivity contribution is 5.90. The van der Waals surface area contributed by atoms with E-state index in [9.17, 15) is 9.18 Å². The third-order valence-corrected chi connectivity index (χ3v) is 2.55. The Morgan fingerprint density at radius 2 is 2.00 bits per heavy atom. The molecule has 0 heterocycles. The molecule has 0 aromatic heterocycles. The first-order chi connectivity index (χ1) is 8.56. The minimum Gasteiger partial charge on any atom is -0.465 e. The van der Waals surface area contributed by atoms with E-state index in [0.717, 1.165) is 5.56 Å². The highest BCUT2D eigenvalue weighted by Crippen LogP contribution is 2.29. The molecule has 0 aliphatic carbocycles. The molecule has 2 aromatic carbocycles. The van der Waals surface area contributed by atoms with Gasteiger partial charge in [0, 0.05) is 5.56 Å². The summed E-state index contributed by atoms with van der Waals surface area (Å²) in [7, 11) is 0. The van der Waals surface area contributed by atoms with Crippen molar-refractivity contribution in [2.24, 2.45) is 0 Å². The van der Waals surface area contributed by atoms with Gasteiger partial charge in [0.1, 0.15) is 5.82 Å². The predicted octanol–water partition coefficient (Wildman–Crippen LogP) is 3.89. The minimum atomic E-state index is -1.14. The number of hydrogen-bond donors (Lipinski definition) is 2. The molecule has 3 nitrogen and oxygen atoms in total. The Morgan fingerprint density at radius 3 is 2.67 bits per heavy atom. The molecule has 2 rings (SSSR count). The first-order valence-corrected chi connectivity index (χ1v) is 5.43. The summed E-state index contributed by atoms with van der Waals surface area (Å²) < 4.78 is 13.2. The smallest absolute Gasteiger partial charge is 0.409 e. The minimum absolute atomic E-state index is 0.352. The fourth-order valence-electron chi connectivity index (χ4n) is 1.78. The van der Waals surface area contributed by atoms with Crippen molar-refractivity contribution in [2.75, 3.05) is 5.32 Å². The van der Waals surface area contributed by atoms with Crippen LogP contribution in [0.2, 0.25) is 0 Å². The van der Waals surface area contributed by atoms with Crippen molar-refractivity contribution >= 4 is 11.8 Å². The summed E-state index contributed by atoms with van der Waals surface area (Å²) in [6, 6.07) is 11.4. The number of hydrogen-bond acceptors (Lipinski definition) is 1. The monoisotopic (exact) mass is 245 g/mol. The third-order valence-electron chi connectivity index (χ3n) is 2.55. The Morgan fingerprint density at radius 1 is 1.22 bits per heavy atom. The van der Waals surface area contributed by atoms with Crippen molar-refractivity contribution in [3.63, 3.8) is 0 Å². The van der Waals surface area contributed by atoms with E-state index in [1.165, 1.54) is 12.1 Å². The summed E-state index contributed by atoms with van der Waals surface area (Å²) >= 11 is 0. The van der Waals surface area contributed by atoms with Crippen LogP contribution in [0.15, 0.2) is 42.5 Å². The first-order valence-electron chi connectivity index (χ1n) is 5.43. The van der Waals surface area contributed by atoms with E-state index in [4.69, 9.17) is 5.11 Å². The van der Waals surface area contributed by atoms with Gasteiger partial charge in [0.05, 0.1) is 5.69 Å². The lowest BCUT2D eigenvalue weighted by Crippen LogP contribution is -2.08. The lowest BCUT2D eigenvalue weighted by atomic mass is 10.0. The standard InChI is InChI=1S/C14H12FNO2/c1-9-5-6-12(13(7-9)16-14(17)18)10-3-2-4-11(15)8-10/h2-8,16H,1H3,(H,17,18). The Hall–Kier alpha value is -2.36. The summed E-state index contributed by atoms with van der Waals surface area (Å²) in [4.78, 5) is 10.7. The highest BCUT2D eigenvalue weighted by atomic mass is 19.1. The zero-order valence-electron chi connectivity index (χ0n) is 9.77. The van der Waals surface area contributed by atoms with Gasteiger partial charge in [-0.15, -0.1) is 0 Å². The molecule has 0 unspecified atom stereocenters. The molecule has 0 fully saturated rings. The number of halogens is 1. The van der Waals surface area contributed by atoms with Crippen LogP contribution in [-0.4, -0.2) is 11.2 Å². The van der Waals surface area contributed by atoms with Crippen LogP contribution in [0.1, 0.15) is 5.56 Å². The van der Waals surface area contributed by atoms with E-state index in [-0.39, 0.29) is 5.82 Å². The lowest BCUT2D eigenvalue weighted by molar-refractivity contribution is 0.210. The van der Waals surface area contributed by atoms with Gasteiger partial charge < -0.3 is 5.11 Å². The van der Waals surface area contributed by atoms with Crippen LogP contribution in [-0.2, 0) is 0 Å². The molecule has 0 radical (unpaired) electrons. The predicted molar refractivity (Wildman–Crippen MR) is 68.2 cm³/mol. The molecule has 0 aliphatic rings. The Labute approximate surface area is 104 Å². The second-order valence-corrected chi connectivity index (χ2v) is 3.99. The average Bonchev–Trinajstić information content (AvgIpc) is 2.28. The van der Waals surface area contributed by atoms with Gasteiger partial charge in [-0.25, -0.2) is 9.18 Å². The molecule has 0 bridgehead atoms. The van der Waals surface area contributed by atoms with Crippen molar-refractivity contribution in [1.29, 1.82) is 0 Å². The molecule has 2 aromatic rings. The SMILES string of the molecule is Cc1ccc(-c2cccc(F)c2)c(NC(=O)O)c1. The largest absolute Gasteiger partial charge is 0.465 e. The van der Waals surface area contributed by atoms with E-state index < -0.39 is 6.09 Å². The van der Waals surface area contributed by atoms with Crippen LogP contribution in [0.4, 0.5) is 14.9 Å². The molecule has 2 N–H and O–H groups in total. The quantitative estimate of drug-likeness (QED) is 0.843. The Bertz CT molecular complexity index is 596. The summed E-state index contributed by atoms with van der Waals surface area (Å²) in [5.74, 6) is -0.352. The zero-order chi connectivity index (χ0) is 13.1. The van der Waals surface area contributed by atoms with Gasteiger partial charge in [0.15, 0.2) is 0 Å². The van der Waals surface area contributed by atoms with Crippen LogP contribution in [0.3, 0.4) is 0 Å². The maximum atomic E-state index is 13.2. The van der Waals surface area contributed by atoms with E-state index in [0.29, 0.717) is 16.8 Å². The number of anilines is 1. The number of amides is 1. The number of benzene rings is 2. The fourth-order valence-corrected chi connectivity index (χ4v) is 1.78. The summed E-state index contributed by atoms with van der Waals surface area (Å²) in [6.45, 7) is 1.86. The fraction of sp³-hybridized carbons (Fsp3) is 0.0714. The number of nitrogens with one attached hydrogen (secondary N) is 1. The number of aryl methyl sites for hydroxylation is 1. The van der Waals surface area contributed by atoms with Gasteiger partial charge in [-0.2, -0.15) is 0 Å². The van der Waals surface area contributed by atoms with E-state index in [1.807, 2.05) is 13.0 Å². The zero-order valence-corrected chi connectivity index (χ0v) is 9.77. The summed E-state index contributed by atoms with van der Waals surface area (Å²) in [5, 5.41) is 11.1. The third kappa shape index (κ3) is 2.66. The lowest BCUT2D eigenvalue weighted by Gasteiger charge is -2.10. The second-order valence-electron chi connectivity index (χ2n) is 3.99.